The maximum Gasteiger partial charge on any atom is 0.0637 e. The molecule has 0 aliphatic heterocycles. The van der Waals surface area contributed by atoms with Crippen molar-refractivity contribution >= 4 is 21.6 Å². The summed E-state index contributed by atoms with van der Waals surface area (Å²) >= 11 is 3.68. The van der Waals surface area contributed by atoms with Crippen LogP contribution in [0.4, 0.5) is 5.69 Å². The molecular formula is C16H27BrN2O. The molecule has 0 bridgehead atoms. The third-order valence-corrected chi connectivity index (χ3v) is 4.27. The molecule has 20 heavy (non-hydrogen) atoms. The molecule has 1 atom stereocenters. The van der Waals surface area contributed by atoms with Gasteiger partial charge in [-0.3, -0.25) is 0 Å². The maximum atomic E-state index is 6.04. The van der Waals surface area contributed by atoms with E-state index in [-0.39, 0.29) is 6.04 Å². The first-order valence-corrected chi connectivity index (χ1v) is 8.08. The lowest BCUT2D eigenvalue weighted by Gasteiger charge is -2.29. The van der Waals surface area contributed by atoms with Crippen molar-refractivity contribution in [3.05, 3.63) is 28.2 Å². The molecule has 1 aromatic carbocycles. The van der Waals surface area contributed by atoms with Crippen molar-refractivity contribution in [2.75, 3.05) is 25.2 Å². The monoisotopic (exact) mass is 342 g/mol. The molecule has 0 aliphatic carbocycles. The van der Waals surface area contributed by atoms with Gasteiger partial charge < -0.3 is 15.4 Å². The first-order chi connectivity index (χ1) is 9.49. The third-order valence-electron chi connectivity index (χ3n) is 3.53. The van der Waals surface area contributed by atoms with Gasteiger partial charge in [-0.25, -0.2) is 0 Å². The summed E-state index contributed by atoms with van der Waals surface area (Å²) in [6.07, 6.45) is 1.91. The number of anilines is 1. The summed E-state index contributed by atoms with van der Waals surface area (Å²) in [4.78, 5) is 2.35. The lowest BCUT2D eigenvalue weighted by molar-refractivity contribution is 0.204. The summed E-state index contributed by atoms with van der Waals surface area (Å²) in [5, 5.41) is 0. The van der Waals surface area contributed by atoms with Gasteiger partial charge in [0.05, 0.1) is 6.61 Å². The van der Waals surface area contributed by atoms with Gasteiger partial charge in [-0.2, -0.15) is 0 Å². The fourth-order valence-corrected chi connectivity index (χ4v) is 2.71. The fourth-order valence-electron chi connectivity index (χ4n) is 2.18. The Hall–Kier alpha value is -0.580. The van der Waals surface area contributed by atoms with Gasteiger partial charge in [-0.05, 0) is 44.4 Å². The van der Waals surface area contributed by atoms with Crippen LogP contribution in [0.3, 0.4) is 0 Å². The van der Waals surface area contributed by atoms with Crippen LogP contribution < -0.4 is 10.6 Å². The van der Waals surface area contributed by atoms with E-state index in [1.807, 2.05) is 0 Å². The van der Waals surface area contributed by atoms with Gasteiger partial charge in [0.2, 0.25) is 0 Å². The lowest BCUT2D eigenvalue weighted by Crippen LogP contribution is -2.33. The molecule has 0 radical (unpaired) electrons. The number of benzene rings is 1. The zero-order valence-electron chi connectivity index (χ0n) is 13.0. The van der Waals surface area contributed by atoms with Crippen LogP contribution in [0.5, 0.6) is 0 Å². The van der Waals surface area contributed by atoms with E-state index < -0.39 is 0 Å². The second-order valence-electron chi connectivity index (χ2n) is 5.43. The summed E-state index contributed by atoms with van der Waals surface area (Å²) in [5.41, 5.74) is 8.53. The molecule has 0 heterocycles. The van der Waals surface area contributed by atoms with Crippen LogP contribution in [0.1, 0.15) is 32.8 Å². The van der Waals surface area contributed by atoms with E-state index >= 15 is 0 Å². The standard InChI is InChI=1S/C16H27BrN2O/c1-5-14(18)10-13-6-7-15(11-16(13)17)19(12(2)3)8-9-20-4/h6-7,11-12,14H,5,8-10,18H2,1-4H3. The maximum absolute atomic E-state index is 6.04. The van der Waals surface area contributed by atoms with Crippen molar-refractivity contribution in [2.24, 2.45) is 5.73 Å². The summed E-state index contributed by atoms with van der Waals surface area (Å²) in [5.74, 6) is 0. The molecule has 2 N–H and O–H groups in total. The normalized spacial score (nSPS) is 12.8. The Balaban J connectivity index is 2.88. The van der Waals surface area contributed by atoms with E-state index in [4.69, 9.17) is 10.5 Å². The molecule has 0 saturated carbocycles. The third kappa shape index (κ3) is 5.08. The first kappa shape index (κ1) is 17.5. The molecular weight excluding hydrogens is 316 g/mol. The highest BCUT2D eigenvalue weighted by atomic mass is 79.9. The topological polar surface area (TPSA) is 38.5 Å². The van der Waals surface area contributed by atoms with Crippen molar-refractivity contribution in [3.63, 3.8) is 0 Å². The molecule has 1 aromatic rings. The molecule has 4 heteroatoms. The molecule has 0 fully saturated rings. The summed E-state index contributed by atoms with van der Waals surface area (Å²) < 4.78 is 6.34. The van der Waals surface area contributed by atoms with Gasteiger partial charge in [-0.15, -0.1) is 0 Å². The molecule has 0 saturated heterocycles. The highest BCUT2D eigenvalue weighted by Gasteiger charge is 2.13. The van der Waals surface area contributed by atoms with Crippen LogP contribution >= 0.6 is 15.9 Å². The minimum atomic E-state index is 0.229. The predicted octanol–water partition coefficient (Wildman–Crippen LogP) is 3.59. The molecule has 0 aromatic heterocycles. The minimum Gasteiger partial charge on any atom is -0.383 e. The van der Waals surface area contributed by atoms with E-state index in [0.29, 0.717) is 6.04 Å². The highest BCUT2D eigenvalue weighted by Crippen LogP contribution is 2.26. The number of methoxy groups -OCH3 is 1. The fraction of sp³-hybridized carbons (Fsp3) is 0.625. The number of nitrogens with zero attached hydrogens (tertiary/aromatic N) is 1. The smallest absolute Gasteiger partial charge is 0.0637 e. The van der Waals surface area contributed by atoms with Gasteiger partial charge in [0.15, 0.2) is 0 Å². The second kappa shape index (κ2) is 8.65. The molecule has 0 spiro atoms. The summed E-state index contributed by atoms with van der Waals surface area (Å²) in [6.45, 7) is 8.15. The zero-order chi connectivity index (χ0) is 15.1. The Labute approximate surface area is 131 Å². The van der Waals surface area contributed by atoms with Crippen LogP contribution in [-0.2, 0) is 11.2 Å². The quantitative estimate of drug-likeness (QED) is 0.784. The average Bonchev–Trinajstić information content (AvgIpc) is 2.41. The largest absolute Gasteiger partial charge is 0.383 e. The molecule has 0 amide bonds. The number of hydrogen-bond acceptors (Lipinski definition) is 3. The van der Waals surface area contributed by atoms with Gasteiger partial charge in [0.25, 0.3) is 0 Å². The van der Waals surface area contributed by atoms with Crippen molar-refractivity contribution in [2.45, 2.75) is 45.7 Å². The van der Waals surface area contributed by atoms with Gasteiger partial charge in [0.1, 0.15) is 0 Å². The number of nitrogens with two attached hydrogens (primary N) is 1. The number of hydrogen-bond donors (Lipinski definition) is 1. The van der Waals surface area contributed by atoms with Crippen molar-refractivity contribution in [3.8, 4) is 0 Å². The highest BCUT2D eigenvalue weighted by molar-refractivity contribution is 9.10. The Morgan fingerprint density at radius 3 is 2.55 bits per heavy atom. The Morgan fingerprint density at radius 2 is 2.05 bits per heavy atom. The molecule has 0 aliphatic rings. The van der Waals surface area contributed by atoms with Crippen molar-refractivity contribution in [1.29, 1.82) is 0 Å². The van der Waals surface area contributed by atoms with Crippen LogP contribution in [0.25, 0.3) is 0 Å². The van der Waals surface area contributed by atoms with Crippen LogP contribution in [0, 0.1) is 0 Å². The van der Waals surface area contributed by atoms with E-state index in [1.54, 1.807) is 7.11 Å². The van der Waals surface area contributed by atoms with E-state index in [0.717, 1.165) is 30.5 Å². The van der Waals surface area contributed by atoms with Crippen molar-refractivity contribution in [1.82, 2.24) is 0 Å². The van der Waals surface area contributed by atoms with Crippen LogP contribution in [0.15, 0.2) is 22.7 Å². The Morgan fingerprint density at radius 1 is 1.35 bits per heavy atom. The minimum absolute atomic E-state index is 0.229. The van der Waals surface area contributed by atoms with E-state index in [2.05, 4.69) is 59.8 Å². The molecule has 3 nitrogen and oxygen atoms in total. The van der Waals surface area contributed by atoms with Crippen LogP contribution in [0.2, 0.25) is 0 Å². The van der Waals surface area contributed by atoms with Crippen molar-refractivity contribution < 1.29 is 4.74 Å². The van der Waals surface area contributed by atoms with Crippen LogP contribution in [-0.4, -0.2) is 32.3 Å². The summed E-state index contributed by atoms with van der Waals surface area (Å²) in [6, 6.07) is 7.22. The first-order valence-electron chi connectivity index (χ1n) is 7.29. The Kier molecular flexibility index (Phi) is 7.56. The van der Waals surface area contributed by atoms with Gasteiger partial charge in [0, 0.05) is 35.9 Å². The Bertz CT molecular complexity index is 409. The van der Waals surface area contributed by atoms with Gasteiger partial charge in [-0.1, -0.05) is 28.9 Å². The lowest BCUT2D eigenvalue weighted by atomic mass is 10.0. The SMILES string of the molecule is CCC(N)Cc1ccc(N(CCOC)C(C)C)cc1Br. The van der Waals surface area contributed by atoms with Gasteiger partial charge >= 0.3 is 0 Å². The zero-order valence-corrected chi connectivity index (χ0v) is 14.6. The molecule has 114 valence electrons. The second-order valence-corrected chi connectivity index (χ2v) is 6.28. The number of ether oxygens (including phenoxy) is 1. The molecule has 1 unspecified atom stereocenters. The van der Waals surface area contributed by atoms with E-state index in [9.17, 15) is 0 Å². The average molecular weight is 343 g/mol. The predicted molar refractivity (Wildman–Crippen MR) is 90.5 cm³/mol. The number of rotatable bonds is 8. The molecule has 1 rings (SSSR count). The number of halogens is 1. The van der Waals surface area contributed by atoms with E-state index in [1.165, 1.54) is 11.3 Å². The summed E-state index contributed by atoms with van der Waals surface area (Å²) in [7, 11) is 1.74.